The number of rotatable bonds is 7. The number of nitrogens with one attached hydrogen (secondary N) is 1. The lowest BCUT2D eigenvalue weighted by Crippen LogP contribution is -2.31. The zero-order chi connectivity index (χ0) is 19.3. The number of nitrogens with zero attached hydrogens (tertiary/aromatic N) is 2. The van der Waals surface area contributed by atoms with Gasteiger partial charge in [0, 0.05) is 12.8 Å². The van der Waals surface area contributed by atoms with Gasteiger partial charge < -0.3 is 9.84 Å². The summed E-state index contributed by atoms with van der Waals surface area (Å²) >= 11 is 0. The van der Waals surface area contributed by atoms with Crippen LogP contribution in [0.1, 0.15) is 76.3 Å². The van der Waals surface area contributed by atoms with E-state index in [-0.39, 0.29) is 17.4 Å². The summed E-state index contributed by atoms with van der Waals surface area (Å²) < 4.78 is 5.08. The van der Waals surface area contributed by atoms with E-state index in [0.717, 1.165) is 5.56 Å². The van der Waals surface area contributed by atoms with Crippen molar-refractivity contribution >= 4 is 5.91 Å². The smallest absolute Gasteiger partial charge is 0.226 e. The average molecular weight is 357 g/mol. The van der Waals surface area contributed by atoms with E-state index >= 15 is 0 Å². The normalized spacial score (nSPS) is 13.0. The van der Waals surface area contributed by atoms with Crippen LogP contribution in [-0.4, -0.2) is 16.0 Å². The molecule has 2 aromatic rings. The molecule has 1 atom stereocenters. The number of aryl methyl sites for hydroxylation is 2. The lowest BCUT2D eigenvalue weighted by Gasteiger charge is -2.25. The quantitative estimate of drug-likeness (QED) is 0.791. The fourth-order valence-electron chi connectivity index (χ4n) is 2.91. The van der Waals surface area contributed by atoms with Gasteiger partial charge >= 0.3 is 0 Å². The first-order valence-electron chi connectivity index (χ1n) is 9.36. The van der Waals surface area contributed by atoms with Gasteiger partial charge in [0.1, 0.15) is 0 Å². The zero-order valence-electron chi connectivity index (χ0n) is 16.8. The van der Waals surface area contributed by atoms with Gasteiger partial charge in [-0.3, -0.25) is 4.79 Å². The lowest BCUT2D eigenvalue weighted by atomic mass is 9.85. The van der Waals surface area contributed by atoms with Crippen LogP contribution in [0, 0.1) is 12.8 Å². The minimum absolute atomic E-state index is 0.0159. The van der Waals surface area contributed by atoms with Crippen molar-refractivity contribution in [2.45, 2.75) is 72.3 Å². The number of aromatic nitrogens is 2. The second-order valence-corrected chi connectivity index (χ2v) is 8.25. The summed E-state index contributed by atoms with van der Waals surface area (Å²) in [7, 11) is 0. The molecule has 0 saturated carbocycles. The van der Waals surface area contributed by atoms with E-state index < -0.39 is 0 Å². The van der Waals surface area contributed by atoms with Crippen LogP contribution in [0.25, 0.3) is 0 Å². The van der Waals surface area contributed by atoms with E-state index in [1.165, 1.54) is 5.56 Å². The van der Waals surface area contributed by atoms with Crippen molar-refractivity contribution in [2.75, 3.05) is 0 Å². The van der Waals surface area contributed by atoms with Gasteiger partial charge in [-0.05, 0) is 35.8 Å². The van der Waals surface area contributed by atoms with Gasteiger partial charge in [-0.2, -0.15) is 4.98 Å². The van der Waals surface area contributed by atoms with Crippen molar-refractivity contribution in [1.82, 2.24) is 15.5 Å². The van der Waals surface area contributed by atoms with Crippen molar-refractivity contribution in [1.29, 1.82) is 0 Å². The molecule has 0 radical (unpaired) electrons. The number of benzene rings is 1. The van der Waals surface area contributed by atoms with E-state index in [1.807, 2.05) is 0 Å². The molecule has 1 unspecified atom stereocenters. The monoisotopic (exact) mass is 357 g/mol. The highest BCUT2D eigenvalue weighted by Crippen LogP contribution is 2.26. The first-order valence-corrected chi connectivity index (χ1v) is 9.36. The molecule has 1 N–H and O–H groups in total. The highest BCUT2D eigenvalue weighted by atomic mass is 16.5. The second kappa shape index (κ2) is 8.47. The molecule has 1 aromatic heterocycles. The molecule has 26 heavy (non-hydrogen) atoms. The summed E-state index contributed by atoms with van der Waals surface area (Å²) in [5.74, 6) is 1.59. The van der Waals surface area contributed by atoms with E-state index in [0.29, 0.717) is 36.9 Å². The standard InChI is InChI=1S/C21H31N3O2/c1-14(2)20(16-10-12-17(13-11-16)21(4,5)6)23-18(25)8-7-9-19-22-15(3)24-26-19/h10-14,20H,7-9H2,1-6H3,(H,23,25). The van der Waals surface area contributed by atoms with Crippen LogP contribution in [-0.2, 0) is 16.6 Å². The summed E-state index contributed by atoms with van der Waals surface area (Å²) in [5, 5.41) is 6.94. The largest absolute Gasteiger partial charge is 0.349 e. The van der Waals surface area contributed by atoms with Crippen LogP contribution >= 0.6 is 0 Å². The Morgan fingerprint density at radius 1 is 1.19 bits per heavy atom. The summed E-state index contributed by atoms with van der Waals surface area (Å²) in [5.41, 5.74) is 2.57. The molecule has 0 aliphatic carbocycles. The predicted octanol–water partition coefficient (Wildman–Crippen LogP) is 4.51. The van der Waals surface area contributed by atoms with Crippen molar-refractivity contribution < 1.29 is 9.32 Å². The summed E-state index contributed by atoms with van der Waals surface area (Å²) in [4.78, 5) is 16.5. The Morgan fingerprint density at radius 2 is 1.85 bits per heavy atom. The van der Waals surface area contributed by atoms with Gasteiger partial charge in [-0.25, -0.2) is 0 Å². The Hall–Kier alpha value is -2.17. The third-order valence-electron chi connectivity index (χ3n) is 4.48. The molecule has 142 valence electrons. The summed E-state index contributed by atoms with van der Waals surface area (Å²) in [6.45, 7) is 12.7. The van der Waals surface area contributed by atoms with Gasteiger partial charge in [-0.1, -0.05) is 64.0 Å². The number of carbonyl (C=O) groups excluding carboxylic acids is 1. The molecule has 1 aromatic carbocycles. The van der Waals surface area contributed by atoms with Crippen molar-refractivity contribution in [3.05, 3.63) is 47.1 Å². The van der Waals surface area contributed by atoms with E-state index in [2.05, 4.69) is 74.3 Å². The molecule has 0 fully saturated rings. The molecule has 2 rings (SSSR count). The first kappa shape index (κ1) is 20.1. The molecule has 1 heterocycles. The van der Waals surface area contributed by atoms with Crippen LogP contribution in [0.4, 0.5) is 0 Å². The zero-order valence-corrected chi connectivity index (χ0v) is 16.8. The third-order valence-corrected chi connectivity index (χ3v) is 4.48. The maximum atomic E-state index is 12.4. The molecule has 5 heteroatoms. The molecule has 0 saturated heterocycles. The number of carbonyl (C=O) groups is 1. The predicted molar refractivity (Wildman–Crippen MR) is 103 cm³/mol. The van der Waals surface area contributed by atoms with E-state index in [4.69, 9.17) is 4.52 Å². The summed E-state index contributed by atoms with van der Waals surface area (Å²) in [6.07, 6.45) is 1.77. The minimum atomic E-state index is 0.0159. The van der Waals surface area contributed by atoms with Gasteiger partial charge in [0.15, 0.2) is 5.82 Å². The number of amides is 1. The Bertz CT molecular complexity index is 712. The topological polar surface area (TPSA) is 68.0 Å². The van der Waals surface area contributed by atoms with Crippen LogP contribution in [0.2, 0.25) is 0 Å². The lowest BCUT2D eigenvalue weighted by molar-refractivity contribution is -0.122. The highest BCUT2D eigenvalue weighted by molar-refractivity contribution is 5.76. The summed E-state index contributed by atoms with van der Waals surface area (Å²) in [6, 6.07) is 8.60. The second-order valence-electron chi connectivity index (χ2n) is 8.25. The van der Waals surface area contributed by atoms with E-state index in [9.17, 15) is 4.79 Å². The molecule has 5 nitrogen and oxygen atoms in total. The SMILES string of the molecule is Cc1noc(CCCC(=O)NC(c2ccc(C(C)(C)C)cc2)C(C)C)n1. The fourth-order valence-corrected chi connectivity index (χ4v) is 2.91. The number of hydrogen-bond donors (Lipinski definition) is 1. The molecule has 0 aliphatic heterocycles. The molecule has 1 amide bonds. The molecule has 0 spiro atoms. The maximum absolute atomic E-state index is 12.4. The Labute approximate surface area is 156 Å². The Kier molecular flexibility index (Phi) is 6.57. The van der Waals surface area contributed by atoms with Gasteiger partial charge in [0.2, 0.25) is 11.8 Å². The van der Waals surface area contributed by atoms with Crippen LogP contribution in [0.3, 0.4) is 0 Å². The molecular weight excluding hydrogens is 326 g/mol. The van der Waals surface area contributed by atoms with Gasteiger partial charge in [0.05, 0.1) is 6.04 Å². The third kappa shape index (κ3) is 5.68. The van der Waals surface area contributed by atoms with Crippen molar-refractivity contribution in [3.8, 4) is 0 Å². The highest BCUT2D eigenvalue weighted by Gasteiger charge is 2.20. The Balaban J connectivity index is 1.93. The van der Waals surface area contributed by atoms with Gasteiger partial charge in [0.25, 0.3) is 0 Å². The maximum Gasteiger partial charge on any atom is 0.226 e. The minimum Gasteiger partial charge on any atom is -0.349 e. The first-order chi connectivity index (χ1) is 12.2. The Morgan fingerprint density at radius 3 is 2.35 bits per heavy atom. The molecule has 0 aliphatic rings. The average Bonchev–Trinajstić information content (AvgIpc) is 2.97. The van der Waals surface area contributed by atoms with Gasteiger partial charge in [-0.15, -0.1) is 0 Å². The molecule has 0 bridgehead atoms. The molecular formula is C21H31N3O2. The van der Waals surface area contributed by atoms with Crippen LogP contribution < -0.4 is 5.32 Å². The number of hydrogen-bond acceptors (Lipinski definition) is 4. The van der Waals surface area contributed by atoms with Crippen molar-refractivity contribution in [3.63, 3.8) is 0 Å². The van der Waals surface area contributed by atoms with Crippen LogP contribution in [0.5, 0.6) is 0 Å². The fraction of sp³-hybridized carbons (Fsp3) is 0.571. The van der Waals surface area contributed by atoms with Crippen molar-refractivity contribution in [2.24, 2.45) is 5.92 Å². The van der Waals surface area contributed by atoms with Crippen LogP contribution in [0.15, 0.2) is 28.8 Å². The van der Waals surface area contributed by atoms with E-state index in [1.54, 1.807) is 6.92 Å².